The van der Waals surface area contributed by atoms with Gasteiger partial charge in [-0.1, -0.05) is 25.0 Å². The van der Waals surface area contributed by atoms with Crippen LogP contribution in [0.3, 0.4) is 0 Å². The van der Waals surface area contributed by atoms with Crippen molar-refractivity contribution < 1.29 is 20.0 Å². The number of unbranched alkanes of at least 4 members (excludes halogenated alkanes) is 3. The van der Waals surface area contributed by atoms with Crippen LogP contribution in [0.5, 0.6) is 0 Å². The summed E-state index contributed by atoms with van der Waals surface area (Å²) >= 11 is 0. The minimum Gasteiger partial charge on any atom is -0.425 e. The molecule has 0 aliphatic heterocycles. The van der Waals surface area contributed by atoms with Crippen LogP contribution in [-0.2, 0) is 0 Å². The number of carbonyl (C=O) groups excluding carboxylic acids is 2. The highest BCUT2D eigenvalue weighted by Gasteiger charge is 2.11. The molecule has 4 N–H and O–H groups in total. The maximum Gasteiger partial charge on any atom is 0.283 e. The van der Waals surface area contributed by atoms with Gasteiger partial charge in [-0.15, -0.1) is 9.46 Å². The predicted molar refractivity (Wildman–Crippen MR) is 98.9 cm³/mol. The molecule has 10 nitrogen and oxygen atoms in total. The fourth-order valence-electron chi connectivity index (χ4n) is 2.50. The zero-order valence-electron chi connectivity index (χ0n) is 15.1. The van der Waals surface area contributed by atoms with E-state index >= 15 is 0 Å². The molecule has 0 aliphatic rings. The number of hydrogen-bond donors (Lipinski definition) is 4. The zero-order valence-corrected chi connectivity index (χ0v) is 15.1. The summed E-state index contributed by atoms with van der Waals surface area (Å²) in [5, 5.41) is 24.2. The van der Waals surface area contributed by atoms with E-state index in [1.165, 1.54) is 24.3 Å². The van der Waals surface area contributed by atoms with Crippen LogP contribution in [-0.4, -0.2) is 44.8 Å². The Labute approximate surface area is 160 Å². The Hall–Kier alpha value is -3.56. The molecule has 0 fully saturated rings. The lowest BCUT2D eigenvalue weighted by Crippen LogP contribution is -2.31. The second-order valence-corrected chi connectivity index (χ2v) is 6.05. The first-order chi connectivity index (χ1) is 13.4. The van der Waals surface area contributed by atoms with Crippen molar-refractivity contribution >= 4 is 11.8 Å². The van der Waals surface area contributed by atoms with Gasteiger partial charge in [0.2, 0.25) is 0 Å². The largest absolute Gasteiger partial charge is 0.425 e. The third-order valence-corrected chi connectivity index (χ3v) is 4.00. The molecule has 0 saturated heterocycles. The van der Waals surface area contributed by atoms with E-state index in [0.717, 1.165) is 25.0 Å². The van der Waals surface area contributed by atoms with Crippen LogP contribution in [0.15, 0.2) is 46.0 Å². The van der Waals surface area contributed by atoms with E-state index in [1.54, 1.807) is 0 Å². The molecule has 10 heteroatoms. The van der Waals surface area contributed by atoms with Gasteiger partial charge in [0.25, 0.3) is 22.9 Å². The van der Waals surface area contributed by atoms with Crippen molar-refractivity contribution in [1.82, 2.24) is 20.1 Å². The molecular weight excluding hydrogens is 368 g/mol. The number of amides is 2. The van der Waals surface area contributed by atoms with E-state index in [9.17, 15) is 29.6 Å². The highest BCUT2D eigenvalue weighted by molar-refractivity contribution is 5.92. The van der Waals surface area contributed by atoms with Gasteiger partial charge in [-0.2, -0.15) is 0 Å². The van der Waals surface area contributed by atoms with Crippen molar-refractivity contribution in [3.8, 4) is 0 Å². The normalized spacial score (nSPS) is 10.4. The van der Waals surface area contributed by atoms with E-state index in [4.69, 9.17) is 0 Å². The quantitative estimate of drug-likeness (QED) is 0.356. The molecule has 28 heavy (non-hydrogen) atoms. The first-order valence-electron chi connectivity index (χ1n) is 8.81. The summed E-state index contributed by atoms with van der Waals surface area (Å²) in [4.78, 5) is 46.3. The zero-order chi connectivity index (χ0) is 20.5. The van der Waals surface area contributed by atoms with Gasteiger partial charge in [0, 0.05) is 25.2 Å². The lowest BCUT2D eigenvalue weighted by Gasteiger charge is -2.08. The summed E-state index contributed by atoms with van der Waals surface area (Å²) in [6.07, 6.45) is 2.98. The summed E-state index contributed by atoms with van der Waals surface area (Å²) in [6.45, 7) is 0.768. The van der Waals surface area contributed by atoms with E-state index in [0.29, 0.717) is 35.4 Å². The van der Waals surface area contributed by atoms with Gasteiger partial charge in [-0.25, -0.2) is 0 Å². The number of nitrogens with one attached hydrogen (secondary N) is 2. The Morgan fingerprint density at radius 2 is 1.11 bits per heavy atom. The second kappa shape index (κ2) is 9.95. The molecule has 0 atom stereocenters. The molecule has 2 heterocycles. The summed E-state index contributed by atoms with van der Waals surface area (Å²) in [6, 6.07) is 7.77. The number of carbonyl (C=O) groups is 2. The highest BCUT2D eigenvalue weighted by atomic mass is 16.5. The smallest absolute Gasteiger partial charge is 0.283 e. The standard InChI is InChI=1S/C18H22N4O6/c23-15-9-5-7-13(21(15)27)17(25)19-11-3-1-2-4-12-20-18(26)14-8-6-10-16(24)22(14)28/h5-10,27-28H,1-4,11-12H2,(H,19,25)(H,20,26). The maximum atomic E-state index is 11.9. The third kappa shape index (κ3) is 5.47. The van der Waals surface area contributed by atoms with Gasteiger partial charge in [0.05, 0.1) is 0 Å². The predicted octanol–water partition coefficient (Wildman–Crippen LogP) is 0.205. The summed E-state index contributed by atoms with van der Waals surface area (Å²) in [5.74, 6) is -1.07. The minimum atomic E-state index is -0.677. The monoisotopic (exact) mass is 390 g/mol. The lowest BCUT2D eigenvalue weighted by atomic mass is 10.2. The van der Waals surface area contributed by atoms with Gasteiger partial charge < -0.3 is 21.0 Å². The maximum absolute atomic E-state index is 11.9. The van der Waals surface area contributed by atoms with Crippen LogP contribution in [0.2, 0.25) is 0 Å². The molecule has 0 aliphatic carbocycles. The Morgan fingerprint density at radius 1 is 0.714 bits per heavy atom. The number of hydrogen-bond acceptors (Lipinski definition) is 6. The molecule has 2 aromatic rings. The summed E-state index contributed by atoms with van der Waals surface area (Å²) < 4.78 is 0.604. The number of pyridine rings is 2. The average molecular weight is 390 g/mol. The Bertz CT molecular complexity index is 872. The lowest BCUT2D eigenvalue weighted by molar-refractivity contribution is 0.0880. The van der Waals surface area contributed by atoms with Gasteiger partial charge in [-0.05, 0) is 25.0 Å². The first-order valence-corrected chi connectivity index (χ1v) is 8.81. The number of rotatable bonds is 9. The minimum absolute atomic E-state index is 0.126. The third-order valence-electron chi connectivity index (χ3n) is 4.00. The molecule has 0 bridgehead atoms. The van der Waals surface area contributed by atoms with Crippen LogP contribution in [0.4, 0.5) is 0 Å². The first kappa shape index (κ1) is 20.7. The van der Waals surface area contributed by atoms with Gasteiger partial charge in [-0.3, -0.25) is 19.2 Å². The fraction of sp³-hybridized carbons (Fsp3) is 0.333. The summed E-state index contributed by atoms with van der Waals surface area (Å²) in [5.41, 5.74) is -1.61. The van der Waals surface area contributed by atoms with Crippen molar-refractivity contribution in [2.24, 2.45) is 0 Å². The topological polar surface area (TPSA) is 143 Å². The average Bonchev–Trinajstić information content (AvgIpc) is 2.67. The molecule has 0 spiro atoms. The van der Waals surface area contributed by atoms with Crippen LogP contribution in [0, 0.1) is 0 Å². The van der Waals surface area contributed by atoms with Gasteiger partial charge in [0.1, 0.15) is 11.4 Å². The van der Waals surface area contributed by atoms with Gasteiger partial charge >= 0.3 is 0 Å². The molecule has 2 aromatic heterocycles. The number of nitrogens with zero attached hydrogens (tertiary/aromatic N) is 2. The number of aromatic nitrogens is 2. The molecule has 2 rings (SSSR count). The highest BCUT2D eigenvalue weighted by Crippen LogP contribution is 2.00. The van der Waals surface area contributed by atoms with E-state index in [-0.39, 0.29) is 11.4 Å². The Morgan fingerprint density at radius 3 is 1.50 bits per heavy atom. The van der Waals surface area contributed by atoms with E-state index in [2.05, 4.69) is 10.6 Å². The van der Waals surface area contributed by atoms with Crippen LogP contribution in [0.1, 0.15) is 46.7 Å². The van der Waals surface area contributed by atoms with Crippen LogP contribution < -0.4 is 21.8 Å². The molecule has 0 radical (unpaired) electrons. The van der Waals surface area contributed by atoms with Crippen molar-refractivity contribution in [3.05, 3.63) is 68.5 Å². The molecule has 150 valence electrons. The Kier molecular flexibility index (Phi) is 7.37. The molecule has 2 amide bonds. The van der Waals surface area contributed by atoms with Crippen molar-refractivity contribution in [3.63, 3.8) is 0 Å². The molecule has 0 unspecified atom stereocenters. The fourth-order valence-corrected chi connectivity index (χ4v) is 2.50. The Balaban J connectivity index is 1.61. The SMILES string of the molecule is O=C(NCCCCCCNC(=O)c1cccc(=O)n1O)c1cccc(=O)n1O. The molecule has 0 aromatic carbocycles. The van der Waals surface area contributed by atoms with Crippen LogP contribution in [0.25, 0.3) is 0 Å². The van der Waals surface area contributed by atoms with Crippen molar-refractivity contribution in [1.29, 1.82) is 0 Å². The van der Waals surface area contributed by atoms with Gasteiger partial charge in [0.15, 0.2) is 0 Å². The van der Waals surface area contributed by atoms with E-state index in [1.807, 2.05) is 0 Å². The molecule has 0 saturated carbocycles. The van der Waals surface area contributed by atoms with Crippen molar-refractivity contribution in [2.75, 3.05) is 13.1 Å². The van der Waals surface area contributed by atoms with Crippen LogP contribution >= 0.6 is 0 Å². The summed E-state index contributed by atoms with van der Waals surface area (Å²) in [7, 11) is 0. The van der Waals surface area contributed by atoms with E-state index < -0.39 is 22.9 Å². The second-order valence-electron chi connectivity index (χ2n) is 6.05. The van der Waals surface area contributed by atoms with Crippen molar-refractivity contribution in [2.45, 2.75) is 25.7 Å². The molecular formula is C18H22N4O6.